The summed E-state index contributed by atoms with van der Waals surface area (Å²) in [5.74, 6) is 8.42. The standard InChI is InChI=1S/C12H18/c1-6-11-9-4-2-7(9)8-3-5-10(8)12(6)11/h6-12H,2-5H2,1H3. The summed E-state index contributed by atoms with van der Waals surface area (Å²) < 4.78 is 0. The number of fused-ring (bicyclic) bond motifs is 6. The van der Waals surface area contributed by atoms with Gasteiger partial charge in [-0.2, -0.15) is 0 Å². The van der Waals surface area contributed by atoms with Gasteiger partial charge in [0, 0.05) is 0 Å². The van der Waals surface area contributed by atoms with E-state index in [1.54, 1.807) is 25.7 Å². The molecule has 0 heteroatoms. The van der Waals surface area contributed by atoms with Crippen molar-refractivity contribution in [1.29, 1.82) is 0 Å². The van der Waals surface area contributed by atoms with Crippen LogP contribution in [-0.2, 0) is 0 Å². The van der Waals surface area contributed by atoms with Crippen molar-refractivity contribution < 1.29 is 0 Å². The molecule has 6 atom stereocenters. The summed E-state index contributed by atoms with van der Waals surface area (Å²) in [6.07, 6.45) is 6.39. The maximum atomic E-state index is 2.52. The summed E-state index contributed by atoms with van der Waals surface area (Å²) >= 11 is 0. The Morgan fingerprint density at radius 3 is 1.42 bits per heavy atom. The first kappa shape index (κ1) is 6.45. The molecule has 4 aliphatic carbocycles. The van der Waals surface area contributed by atoms with Crippen molar-refractivity contribution in [2.45, 2.75) is 32.6 Å². The van der Waals surface area contributed by atoms with E-state index >= 15 is 0 Å². The molecular weight excluding hydrogens is 144 g/mol. The van der Waals surface area contributed by atoms with E-state index in [1.165, 1.54) is 35.5 Å². The van der Waals surface area contributed by atoms with Crippen LogP contribution in [0.2, 0.25) is 0 Å². The minimum absolute atomic E-state index is 1.13. The summed E-state index contributed by atoms with van der Waals surface area (Å²) in [7, 11) is 0. The molecule has 4 fully saturated rings. The number of hydrogen-bond donors (Lipinski definition) is 0. The van der Waals surface area contributed by atoms with Crippen LogP contribution in [0.4, 0.5) is 0 Å². The fourth-order valence-electron chi connectivity index (χ4n) is 5.00. The van der Waals surface area contributed by atoms with Crippen LogP contribution in [0.15, 0.2) is 0 Å². The highest BCUT2D eigenvalue weighted by molar-refractivity contribution is 5.15. The Labute approximate surface area is 74.7 Å². The lowest BCUT2D eigenvalue weighted by molar-refractivity contribution is -0.0542. The van der Waals surface area contributed by atoms with Gasteiger partial charge in [0.05, 0.1) is 0 Å². The highest BCUT2D eigenvalue weighted by Crippen LogP contribution is 2.73. The van der Waals surface area contributed by atoms with Crippen LogP contribution >= 0.6 is 0 Å². The van der Waals surface area contributed by atoms with Crippen molar-refractivity contribution in [1.82, 2.24) is 0 Å². The smallest absolute Gasteiger partial charge is 0.0321 e. The first-order valence-electron chi connectivity index (χ1n) is 5.88. The maximum absolute atomic E-state index is 2.52. The zero-order valence-corrected chi connectivity index (χ0v) is 7.87. The topological polar surface area (TPSA) is 0 Å². The molecule has 0 radical (unpaired) electrons. The molecule has 0 spiro atoms. The third kappa shape index (κ3) is 0.506. The molecule has 4 aliphatic rings. The lowest BCUT2D eigenvalue weighted by Gasteiger charge is -2.54. The third-order valence-electron chi connectivity index (χ3n) is 5.82. The first-order chi connectivity index (χ1) is 5.88. The van der Waals surface area contributed by atoms with Gasteiger partial charge in [-0.05, 0) is 67.1 Å². The highest BCUT2D eigenvalue weighted by atomic mass is 14.7. The molecule has 0 bridgehead atoms. The summed E-state index contributed by atoms with van der Waals surface area (Å²) in [6, 6.07) is 0. The Bertz CT molecular complexity index is 175. The second kappa shape index (κ2) is 1.76. The van der Waals surface area contributed by atoms with Crippen molar-refractivity contribution in [2.75, 3.05) is 0 Å². The van der Waals surface area contributed by atoms with Gasteiger partial charge < -0.3 is 0 Å². The van der Waals surface area contributed by atoms with E-state index in [-0.39, 0.29) is 0 Å². The molecular formula is C12H18. The molecule has 0 amide bonds. The molecule has 0 nitrogen and oxygen atoms in total. The molecule has 4 saturated carbocycles. The van der Waals surface area contributed by atoms with E-state index in [0.29, 0.717) is 0 Å². The van der Waals surface area contributed by atoms with Crippen LogP contribution in [0.3, 0.4) is 0 Å². The summed E-state index contributed by atoms with van der Waals surface area (Å²) in [6.45, 7) is 2.52. The van der Waals surface area contributed by atoms with E-state index in [0.717, 1.165) is 5.92 Å². The van der Waals surface area contributed by atoms with Gasteiger partial charge in [-0.1, -0.05) is 6.92 Å². The molecule has 0 N–H and O–H groups in total. The SMILES string of the molecule is CC1C2C3CCC3C3CCC3C12. The molecule has 0 aromatic heterocycles. The number of rotatable bonds is 0. The Morgan fingerprint density at radius 1 is 0.667 bits per heavy atom. The van der Waals surface area contributed by atoms with E-state index in [1.807, 2.05) is 0 Å². The molecule has 66 valence electrons. The Balaban J connectivity index is 1.70. The van der Waals surface area contributed by atoms with Crippen molar-refractivity contribution in [3.05, 3.63) is 0 Å². The molecule has 12 heavy (non-hydrogen) atoms. The van der Waals surface area contributed by atoms with E-state index < -0.39 is 0 Å². The zero-order chi connectivity index (χ0) is 7.87. The predicted molar refractivity (Wildman–Crippen MR) is 48.6 cm³/mol. The summed E-state index contributed by atoms with van der Waals surface area (Å²) in [5, 5.41) is 0. The van der Waals surface area contributed by atoms with Crippen LogP contribution in [0.5, 0.6) is 0 Å². The molecule has 4 rings (SSSR count). The van der Waals surface area contributed by atoms with Gasteiger partial charge in [0.15, 0.2) is 0 Å². The second-order valence-corrected chi connectivity index (χ2v) is 5.82. The Kier molecular flexibility index (Phi) is 0.946. The third-order valence-corrected chi connectivity index (χ3v) is 5.82. The van der Waals surface area contributed by atoms with Crippen LogP contribution in [-0.4, -0.2) is 0 Å². The molecule has 6 unspecified atom stereocenters. The van der Waals surface area contributed by atoms with Gasteiger partial charge in [0.2, 0.25) is 0 Å². The number of hydrogen-bond acceptors (Lipinski definition) is 0. The largest absolute Gasteiger partial charge is 0.0619 e. The van der Waals surface area contributed by atoms with Crippen molar-refractivity contribution in [3.8, 4) is 0 Å². The van der Waals surface area contributed by atoms with Gasteiger partial charge >= 0.3 is 0 Å². The normalized spacial score (nSPS) is 71.2. The fourth-order valence-corrected chi connectivity index (χ4v) is 5.00. The van der Waals surface area contributed by atoms with Crippen LogP contribution in [0.1, 0.15) is 32.6 Å². The van der Waals surface area contributed by atoms with Crippen LogP contribution in [0.25, 0.3) is 0 Å². The molecule has 0 aromatic rings. The predicted octanol–water partition coefficient (Wildman–Crippen LogP) is 2.93. The minimum Gasteiger partial charge on any atom is -0.0619 e. The Hall–Kier alpha value is 0. The van der Waals surface area contributed by atoms with Crippen molar-refractivity contribution in [2.24, 2.45) is 41.4 Å². The average Bonchev–Trinajstić information content (AvgIpc) is 2.53. The summed E-state index contributed by atoms with van der Waals surface area (Å²) in [4.78, 5) is 0. The van der Waals surface area contributed by atoms with Gasteiger partial charge in [0.1, 0.15) is 0 Å². The minimum atomic E-state index is 1.13. The summed E-state index contributed by atoms with van der Waals surface area (Å²) in [5.41, 5.74) is 0. The lowest BCUT2D eigenvalue weighted by atomic mass is 9.51. The van der Waals surface area contributed by atoms with Gasteiger partial charge in [-0.15, -0.1) is 0 Å². The lowest BCUT2D eigenvalue weighted by Crippen LogP contribution is -2.47. The quantitative estimate of drug-likeness (QED) is 0.514. The van der Waals surface area contributed by atoms with Crippen molar-refractivity contribution >= 4 is 0 Å². The molecule has 0 aliphatic heterocycles. The second-order valence-electron chi connectivity index (χ2n) is 5.82. The molecule has 0 heterocycles. The molecule has 0 saturated heterocycles. The van der Waals surface area contributed by atoms with E-state index in [9.17, 15) is 0 Å². The van der Waals surface area contributed by atoms with Crippen LogP contribution in [0, 0.1) is 41.4 Å². The molecule has 0 aromatic carbocycles. The monoisotopic (exact) mass is 162 g/mol. The van der Waals surface area contributed by atoms with E-state index in [4.69, 9.17) is 0 Å². The Morgan fingerprint density at radius 2 is 1.08 bits per heavy atom. The van der Waals surface area contributed by atoms with Crippen LogP contribution < -0.4 is 0 Å². The van der Waals surface area contributed by atoms with Gasteiger partial charge in [0.25, 0.3) is 0 Å². The van der Waals surface area contributed by atoms with Gasteiger partial charge in [-0.3, -0.25) is 0 Å². The fraction of sp³-hybridized carbons (Fsp3) is 1.00. The highest BCUT2D eigenvalue weighted by Gasteiger charge is 2.66. The van der Waals surface area contributed by atoms with E-state index in [2.05, 4.69) is 6.92 Å². The zero-order valence-electron chi connectivity index (χ0n) is 7.87. The first-order valence-corrected chi connectivity index (χ1v) is 5.88. The average molecular weight is 162 g/mol. The van der Waals surface area contributed by atoms with Crippen molar-refractivity contribution in [3.63, 3.8) is 0 Å². The van der Waals surface area contributed by atoms with Gasteiger partial charge in [-0.25, -0.2) is 0 Å². The maximum Gasteiger partial charge on any atom is -0.0321 e.